The Balaban J connectivity index is 1.29. The highest BCUT2D eigenvalue weighted by Crippen LogP contribution is 2.40. The van der Waals surface area contributed by atoms with Crippen molar-refractivity contribution >= 4 is 33.0 Å². The van der Waals surface area contributed by atoms with Crippen LogP contribution in [-0.4, -0.2) is 19.5 Å². The first kappa shape index (κ1) is 41.6. The lowest BCUT2D eigenvalue weighted by atomic mass is 9.85. The Morgan fingerprint density at radius 1 is 0.477 bits per heavy atom. The molecule has 2 aromatic heterocycles. The van der Waals surface area contributed by atoms with E-state index in [1.807, 2.05) is 78.9 Å². The Morgan fingerprint density at radius 2 is 0.969 bits per heavy atom. The number of alkyl halides is 3. The van der Waals surface area contributed by atoms with Gasteiger partial charge in [0.1, 0.15) is 0 Å². The van der Waals surface area contributed by atoms with Crippen LogP contribution in [0, 0.1) is 11.8 Å². The van der Waals surface area contributed by atoms with E-state index in [1.165, 1.54) is 45.6 Å². The largest absolute Gasteiger partial charge is 0.416 e. The maximum Gasteiger partial charge on any atom is 0.416 e. The molecule has 0 aliphatic heterocycles. The van der Waals surface area contributed by atoms with Gasteiger partial charge in [-0.3, -0.25) is 0 Å². The van der Waals surface area contributed by atoms with Gasteiger partial charge >= 0.3 is 6.18 Å². The molecule has 2 aliphatic rings. The number of fused-ring (bicyclic) bond motifs is 3. The zero-order valence-electron chi connectivity index (χ0n) is 37.2. The molecule has 7 heteroatoms. The molecule has 0 fully saturated rings. The molecule has 0 bridgehead atoms. The van der Waals surface area contributed by atoms with Crippen molar-refractivity contribution in [3.63, 3.8) is 0 Å². The molecule has 10 rings (SSSR count). The Kier molecular flexibility index (Phi) is 10.4. The average Bonchev–Trinajstić information content (AvgIpc) is 3.61. The number of rotatable bonds is 5. The number of halogens is 3. The summed E-state index contributed by atoms with van der Waals surface area (Å²) in [4.78, 5) is 15.0. The van der Waals surface area contributed by atoms with E-state index in [4.69, 9.17) is 15.0 Å². The minimum Gasteiger partial charge on any atom is -0.309 e. The highest BCUT2D eigenvalue weighted by Gasteiger charge is 2.31. The van der Waals surface area contributed by atoms with E-state index in [0.717, 1.165) is 55.1 Å². The Labute approximate surface area is 376 Å². The molecule has 2 heterocycles. The van der Waals surface area contributed by atoms with Gasteiger partial charge in [-0.2, -0.15) is 13.2 Å². The summed E-state index contributed by atoms with van der Waals surface area (Å²) in [6.07, 6.45) is 4.53. The second-order valence-corrected chi connectivity index (χ2v) is 17.5. The fraction of sp³-hybridized carbons (Fsp3) is 0.155. The third-order valence-corrected chi connectivity index (χ3v) is 12.8. The van der Waals surface area contributed by atoms with Crippen LogP contribution in [0.5, 0.6) is 0 Å². The first-order valence-electron chi connectivity index (χ1n) is 22.1. The van der Waals surface area contributed by atoms with Gasteiger partial charge in [-0.25, -0.2) is 15.0 Å². The number of benzene rings is 6. The van der Waals surface area contributed by atoms with Gasteiger partial charge in [-0.05, 0) is 114 Å². The molecule has 65 heavy (non-hydrogen) atoms. The standard InChI is InChI=1S/C58H47F3N4/c1-34-26-36(3)53(37(4)27-34)43-20-23-47-48-24-21-44(54-38(5)28-35(2)29-39(54)6)32-52(48)65(51(47)31-43)46-22-25-49(50(33-46)42-18-13-19-45(30-42)58(59,60)61)57-63-55(40-14-9-7-10-15-40)62-56(64-57)41-16-11-8-12-17-41/h7-33,36,38H,1-6H3. The van der Waals surface area contributed by atoms with Gasteiger partial charge in [0.15, 0.2) is 17.5 Å². The van der Waals surface area contributed by atoms with Crippen LogP contribution in [0.4, 0.5) is 13.2 Å². The normalized spacial score (nSPS) is 18.4. The third kappa shape index (κ3) is 7.75. The van der Waals surface area contributed by atoms with Crippen molar-refractivity contribution in [3.8, 4) is 51.0 Å². The van der Waals surface area contributed by atoms with Crippen LogP contribution in [-0.2, 0) is 6.18 Å². The second kappa shape index (κ2) is 16.3. The van der Waals surface area contributed by atoms with Crippen molar-refractivity contribution in [2.75, 3.05) is 0 Å². The molecule has 6 aromatic carbocycles. The Bertz CT molecular complexity index is 3300. The molecular formula is C58H47F3N4. The highest BCUT2D eigenvalue weighted by molar-refractivity contribution is 6.09. The molecule has 0 spiro atoms. The van der Waals surface area contributed by atoms with E-state index >= 15 is 0 Å². The van der Waals surface area contributed by atoms with E-state index in [2.05, 4.69) is 107 Å². The summed E-state index contributed by atoms with van der Waals surface area (Å²) in [5.74, 6) is 1.70. The number of nitrogens with zero attached hydrogens (tertiary/aromatic N) is 4. The summed E-state index contributed by atoms with van der Waals surface area (Å²) < 4.78 is 45.8. The van der Waals surface area contributed by atoms with Crippen LogP contribution in [0.3, 0.4) is 0 Å². The summed E-state index contributed by atoms with van der Waals surface area (Å²) in [6, 6.07) is 44.3. The third-order valence-electron chi connectivity index (χ3n) is 12.8. The van der Waals surface area contributed by atoms with Crippen LogP contribution < -0.4 is 10.4 Å². The summed E-state index contributed by atoms with van der Waals surface area (Å²) >= 11 is 0. The lowest BCUT2D eigenvalue weighted by Crippen LogP contribution is -2.15. The first-order chi connectivity index (χ1) is 31.3. The van der Waals surface area contributed by atoms with Crippen molar-refractivity contribution < 1.29 is 13.2 Å². The van der Waals surface area contributed by atoms with Gasteiger partial charge in [0.05, 0.1) is 16.6 Å². The molecule has 0 saturated heterocycles. The van der Waals surface area contributed by atoms with Crippen LogP contribution >= 0.6 is 0 Å². The molecule has 0 radical (unpaired) electrons. The zero-order chi connectivity index (χ0) is 45.1. The van der Waals surface area contributed by atoms with Crippen molar-refractivity contribution in [2.24, 2.45) is 11.8 Å². The van der Waals surface area contributed by atoms with Gasteiger partial charge in [0, 0.05) is 45.0 Å². The van der Waals surface area contributed by atoms with E-state index in [-0.39, 0.29) is 11.8 Å². The minimum atomic E-state index is -4.55. The lowest BCUT2D eigenvalue weighted by molar-refractivity contribution is -0.137. The molecular weight excluding hydrogens is 810 g/mol. The quantitative estimate of drug-likeness (QED) is 0.173. The molecule has 2 aliphatic carbocycles. The molecule has 2 unspecified atom stereocenters. The smallest absolute Gasteiger partial charge is 0.309 e. The summed E-state index contributed by atoms with van der Waals surface area (Å²) in [6.45, 7) is 13.1. The van der Waals surface area contributed by atoms with E-state index in [1.54, 1.807) is 6.07 Å². The minimum absolute atomic E-state index is 0.214. The predicted octanol–water partition coefficient (Wildman–Crippen LogP) is 14.0. The summed E-state index contributed by atoms with van der Waals surface area (Å²) in [5.41, 5.74) is 12.7. The number of allylic oxidation sites excluding steroid dienone is 8. The summed E-state index contributed by atoms with van der Waals surface area (Å²) in [5, 5.41) is 4.42. The van der Waals surface area contributed by atoms with Gasteiger partial charge < -0.3 is 4.57 Å². The Hall–Kier alpha value is -7.38. The fourth-order valence-electron chi connectivity index (χ4n) is 10.1. The molecule has 8 aromatic rings. The van der Waals surface area contributed by atoms with E-state index < -0.39 is 11.7 Å². The topological polar surface area (TPSA) is 43.6 Å². The van der Waals surface area contributed by atoms with Crippen LogP contribution in [0.15, 0.2) is 186 Å². The van der Waals surface area contributed by atoms with Crippen molar-refractivity contribution in [2.45, 2.75) is 47.7 Å². The van der Waals surface area contributed by atoms with Gasteiger partial charge in [-0.15, -0.1) is 0 Å². The molecule has 4 nitrogen and oxygen atoms in total. The monoisotopic (exact) mass is 856 g/mol. The number of hydrogen-bond donors (Lipinski definition) is 0. The molecule has 0 N–H and O–H groups in total. The van der Waals surface area contributed by atoms with E-state index in [9.17, 15) is 13.2 Å². The first-order valence-corrected chi connectivity index (χ1v) is 22.1. The summed E-state index contributed by atoms with van der Waals surface area (Å²) in [7, 11) is 0. The zero-order valence-corrected chi connectivity index (χ0v) is 37.2. The average molecular weight is 857 g/mol. The van der Waals surface area contributed by atoms with Crippen LogP contribution in [0.1, 0.15) is 47.1 Å². The van der Waals surface area contributed by atoms with Crippen molar-refractivity contribution in [1.29, 1.82) is 0 Å². The highest BCUT2D eigenvalue weighted by atomic mass is 19.4. The SMILES string of the molecule is CC1=CC(C)C(=c2ccc3c4ccc(=C5C(C)=CC(C)=CC5C)cc4n(-c4ccc(-c5nc(-c6ccccc6)nc(-c6ccccc6)n5)c(-c5cccc(C(F)(F)F)c5)c4)c3c2)C(C)=C1. The van der Waals surface area contributed by atoms with Crippen molar-refractivity contribution in [3.05, 3.63) is 202 Å². The molecule has 0 saturated carbocycles. The fourth-order valence-corrected chi connectivity index (χ4v) is 10.1. The lowest BCUT2D eigenvalue weighted by Gasteiger charge is -2.20. The maximum absolute atomic E-state index is 14.5. The second-order valence-electron chi connectivity index (χ2n) is 17.5. The van der Waals surface area contributed by atoms with Gasteiger partial charge in [0.25, 0.3) is 0 Å². The number of hydrogen-bond acceptors (Lipinski definition) is 3. The van der Waals surface area contributed by atoms with E-state index in [0.29, 0.717) is 34.2 Å². The van der Waals surface area contributed by atoms with Gasteiger partial charge in [0.2, 0.25) is 0 Å². The van der Waals surface area contributed by atoms with Crippen LogP contribution in [0.25, 0.3) is 83.9 Å². The maximum atomic E-state index is 14.5. The van der Waals surface area contributed by atoms with Gasteiger partial charge in [-0.1, -0.05) is 146 Å². The van der Waals surface area contributed by atoms with Crippen molar-refractivity contribution in [1.82, 2.24) is 19.5 Å². The number of aromatic nitrogens is 4. The Morgan fingerprint density at radius 3 is 1.46 bits per heavy atom. The molecule has 2 atom stereocenters. The van der Waals surface area contributed by atoms with Crippen LogP contribution in [0.2, 0.25) is 0 Å². The molecule has 320 valence electrons. The molecule has 0 amide bonds. The predicted molar refractivity (Wildman–Crippen MR) is 260 cm³/mol.